The molecule has 0 fully saturated rings. The van der Waals surface area contributed by atoms with Crippen LogP contribution in [-0.2, 0) is 9.30 Å². The Labute approximate surface area is 142 Å². The first kappa shape index (κ1) is 18.2. The molecule has 0 aromatic heterocycles. The third kappa shape index (κ3) is 3.52. The van der Waals surface area contributed by atoms with Crippen LogP contribution in [0.2, 0.25) is 0 Å². The van der Waals surface area contributed by atoms with Gasteiger partial charge in [-0.3, -0.25) is 4.90 Å². The Morgan fingerprint density at radius 3 is 2.50 bits per heavy atom. The Kier molecular flexibility index (Phi) is 4.87. The van der Waals surface area contributed by atoms with Crippen molar-refractivity contribution < 1.29 is 23.6 Å². The highest BCUT2D eigenvalue weighted by molar-refractivity contribution is 7.70. The lowest BCUT2D eigenvalue weighted by molar-refractivity contribution is 0.160. The number of carbonyl (C=O) groups excluding carboxylic acids is 1. The molecule has 0 unspecified atom stereocenters. The average molecular weight is 351 g/mol. The minimum Gasteiger partial charge on any atom is -0.453 e. The van der Waals surface area contributed by atoms with E-state index in [1.54, 1.807) is 25.5 Å². The fourth-order valence-electron chi connectivity index (χ4n) is 2.47. The van der Waals surface area contributed by atoms with Crippen LogP contribution >= 0.6 is 7.14 Å². The number of terminal acetylenes is 1. The van der Waals surface area contributed by atoms with Crippen LogP contribution in [0.4, 0.5) is 10.5 Å². The van der Waals surface area contributed by atoms with Gasteiger partial charge in [-0.25, -0.2) is 4.79 Å². The van der Waals surface area contributed by atoms with Gasteiger partial charge in [0.25, 0.3) is 0 Å². The molecule has 1 heterocycles. The molecule has 1 aliphatic rings. The topological polar surface area (TPSA) is 65.1 Å². The molecule has 24 heavy (non-hydrogen) atoms. The lowest BCUT2D eigenvalue weighted by Crippen LogP contribution is -2.46. The summed E-state index contributed by atoms with van der Waals surface area (Å²) in [7, 11) is -2.56. The van der Waals surface area contributed by atoms with Crippen molar-refractivity contribution in [3.05, 3.63) is 12.1 Å². The van der Waals surface area contributed by atoms with E-state index in [4.69, 9.17) is 20.6 Å². The van der Waals surface area contributed by atoms with Crippen LogP contribution in [0.3, 0.4) is 0 Å². The molecule has 0 N–H and O–H groups in total. The summed E-state index contributed by atoms with van der Waals surface area (Å²) in [6.45, 7) is 8.80. The van der Waals surface area contributed by atoms with E-state index in [1.165, 1.54) is 4.90 Å². The zero-order valence-corrected chi connectivity index (χ0v) is 15.5. The summed E-state index contributed by atoms with van der Waals surface area (Å²) >= 11 is 0. The molecule has 6 nitrogen and oxygen atoms in total. The van der Waals surface area contributed by atoms with Crippen LogP contribution in [0.5, 0.6) is 11.5 Å². The van der Waals surface area contributed by atoms with Crippen molar-refractivity contribution in [2.75, 3.05) is 31.6 Å². The van der Waals surface area contributed by atoms with Crippen molar-refractivity contribution >= 4 is 24.2 Å². The van der Waals surface area contributed by atoms with E-state index in [9.17, 15) is 9.36 Å². The zero-order valence-electron chi connectivity index (χ0n) is 14.6. The molecule has 7 heteroatoms. The van der Waals surface area contributed by atoms with Crippen molar-refractivity contribution in [2.45, 2.75) is 26.3 Å². The summed E-state index contributed by atoms with van der Waals surface area (Å²) in [6.07, 6.45) is 4.58. The Morgan fingerprint density at radius 1 is 1.33 bits per heavy atom. The van der Waals surface area contributed by atoms with E-state index in [2.05, 4.69) is 5.92 Å². The average Bonchev–Trinajstić information content (AvgIpc) is 2.92. The first-order valence-electron chi connectivity index (χ1n) is 7.46. The molecule has 0 bridgehead atoms. The number of benzene rings is 1. The van der Waals surface area contributed by atoms with Crippen molar-refractivity contribution in [3.63, 3.8) is 0 Å². The molecule has 1 aromatic rings. The number of anilines is 1. The smallest absolute Gasteiger partial charge is 0.415 e. The fraction of sp³-hybridized carbons (Fsp3) is 0.471. The van der Waals surface area contributed by atoms with Crippen LogP contribution in [0.1, 0.15) is 20.8 Å². The quantitative estimate of drug-likeness (QED) is 0.619. The number of rotatable bonds is 3. The van der Waals surface area contributed by atoms with Gasteiger partial charge in [0.1, 0.15) is 7.14 Å². The van der Waals surface area contributed by atoms with Gasteiger partial charge in [-0.05, 0) is 46.2 Å². The number of fused-ring (bicyclic) bond motifs is 1. The molecule has 1 aromatic carbocycles. The van der Waals surface area contributed by atoms with Gasteiger partial charge in [0.15, 0.2) is 18.1 Å². The van der Waals surface area contributed by atoms with Crippen LogP contribution in [0, 0.1) is 12.3 Å². The molecule has 2 rings (SSSR count). The molecular weight excluding hydrogens is 329 g/mol. The summed E-state index contributed by atoms with van der Waals surface area (Å²) in [5, 5.41) is 0.588. The van der Waals surface area contributed by atoms with E-state index in [-0.39, 0.29) is 13.4 Å². The molecule has 1 aliphatic heterocycles. The molecule has 0 saturated carbocycles. The number of hydrogen-bond acceptors (Lipinski definition) is 5. The monoisotopic (exact) mass is 351 g/mol. The predicted molar refractivity (Wildman–Crippen MR) is 94.1 cm³/mol. The second-order valence-corrected chi connectivity index (χ2v) is 9.97. The van der Waals surface area contributed by atoms with Gasteiger partial charge in [0.2, 0.25) is 6.79 Å². The molecule has 0 radical (unpaired) electrons. The Balaban J connectivity index is 2.57. The number of hydrogen-bond donors (Lipinski definition) is 0. The van der Waals surface area contributed by atoms with Gasteiger partial charge in [-0.1, -0.05) is 5.92 Å². The van der Waals surface area contributed by atoms with Crippen LogP contribution in [0.15, 0.2) is 12.1 Å². The molecule has 0 aliphatic carbocycles. The highest BCUT2D eigenvalue weighted by Crippen LogP contribution is 2.49. The number of amides is 1. The number of nitrogens with zero attached hydrogens (tertiary/aromatic N) is 1. The second-order valence-electron chi connectivity index (χ2n) is 6.78. The van der Waals surface area contributed by atoms with E-state index >= 15 is 0 Å². The van der Waals surface area contributed by atoms with E-state index in [0.717, 1.165) is 0 Å². The first-order valence-corrected chi connectivity index (χ1v) is 10.1. The van der Waals surface area contributed by atoms with E-state index < -0.39 is 18.8 Å². The standard InChI is InChI=1S/C17H22NO5P/c1-7-10-21-16(19)18(17(2,3)4)12-8-9-13(24(5,6)20)15-14(12)22-11-23-15/h1,8-9H,10-11H2,2-6H3. The lowest BCUT2D eigenvalue weighted by Gasteiger charge is -2.35. The van der Waals surface area contributed by atoms with Gasteiger partial charge >= 0.3 is 6.09 Å². The van der Waals surface area contributed by atoms with Gasteiger partial charge in [0, 0.05) is 5.54 Å². The van der Waals surface area contributed by atoms with Gasteiger partial charge < -0.3 is 18.8 Å². The maximum absolute atomic E-state index is 12.5. The molecule has 0 spiro atoms. The number of carbonyl (C=O) groups is 1. The third-order valence-electron chi connectivity index (χ3n) is 3.43. The largest absolute Gasteiger partial charge is 0.453 e. The van der Waals surface area contributed by atoms with Crippen molar-refractivity contribution in [3.8, 4) is 23.8 Å². The van der Waals surface area contributed by atoms with Crippen LogP contribution in [-0.4, -0.2) is 38.4 Å². The molecule has 0 saturated heterocycles. The Morgan fingerprint density at radius 2 is 1.96 bits per heavy atom. The first-order chi connectivity index (χ1) is 11.1. The summed E-state index contributed by atoms with van der Waals surface area (Å²) in [6, 6.07) is 3.40. The normalized spacial score (nSPS) is 13.3. The highest BCUT2D eigenvalue weighted by Gasteiger charge is 2.36. The highest BCUT2D eigenvalue weighted by atomic mass is 31.2. The van der Waals surface area contributed by atoms with Crippen molar-refractivity contribution in [1.82, 2.24) is 0 Å². The minimum absolute atomic E-state index is 0.0106. The molecule has 1 amide bonds. The van der Waals surface area contributed by atoms with Crippen molar-refractivity contribution in [2.24, 2.45) is 0 Å². The SMILES string of the molecule is C#CCOC(=O)N(c1ccc(P(C)(C)=O)c2c1OCO2)C(C)(C)C. The summed E-state index contributed by atoms with van der Waals surface area (Å²) in [5.74, 6) is 3.08. The van der Waals surface area contributed by atoms with Crippen molar-refractivity contribution in [1.29, 1.82) is 0 Å². The molecule has 0 atom stereocenters. The van der Waals surface area contributed by atoms with Crippen LogP contribution in [0.25, 0.3) is 0 Å². The van der Waals surface area contributed by atoms with E-state index in [0.29, 0.717) is 22.5 Å². The lowest BCUT2D eigenvalue weighted by atomic mass is 10.0. The van der Waals surface area contributed by atoms with Crippen LogP contribution < -0.4 is 19.7 Å². The second kappa shape index (κ2) is 6.41. The summed E-state index contributed by atoms with van der Waals surface area (Å²) < 4.78 is 28.6. The summed E-state index contributed by atoms with van der Waals surface area (Å²) in [4.78, 5) is 13.9. The molecule has 130 valence electrons. The Hall–Kier alpha value is -2.12. The maximum Gasteiger partial charge on any atom is 0.415 e. The molecular formula is C17H22NO5P. The minimum atomic E-state index is -2.56. The summed E-state index contributed by atoms with van der Waals surface area (Å²) in [5.41, 5.74) is -0.0936. The van der Waals surface area contributed by atoms with Gasteiger partial charge in [-0.15, -0.1) is 6.42 Å². The van der Waals surface area contributed by atoms with Gasteiger partial charge in [-0.2, -0.15) is 0 Å². The third-order valence-corrected chi connectivity index (χ3v) is 4.94. The fourth-order valence-corrected chi connectivity index (χ4v) is 3.56. The van der Waals surface area contributed by atoms with Gasteiger partial charge in [0.05, 0.1) is 11.0 Å². The Bertz CT molecular complexity index is 739. The zero-order chi connectivity index (χ0) is 18.1. The maximum atomic E-state index is 12.5. The number of ether oxygens (including phenoxy) is 3. The predicted octanol–water partition coefficient (Wildman–Crippen LogP) is 3.04. The van der Waals surface area contributed by atoms with E-state index in [1.807, 2.05) is 20.8 Å².